The number of rotatable bonds is 3. The molecule has 0 aliphatic heterocycles. The SMILES string of the molecule is Cc1onc(/C=C/c2ccc(F)cc2)c1[N+](=O)[O-]. The molecule has 6 heteroatoms. The lowest BCUT2D eigenvalue weighted by molar-refractivity contribution is -0.386. The fraction of sp³-hybridized carbons (Fsp3) is 0.0833. The molecule has 0 atom stereocenters. The third-order valence-electron chi connectivity index (χ3n) is 2.34. The summed E-state index contributed by atoms with van der Waals surface area (Å²) in [6.45, 7) is 1.47. The Balaban J connectivity index is 2.29. The summed E-state index contributed by atoms with van der Waals surface area (Å²) >= 11 is 0. The quantitative estimate of drug-likeness (QED) is 0.617. The van der Waals surface area contributed by atoms with Crippen LogP contribution in [0.4, 0.5) is 10.1 Å². The molecule has 0 unspecified atom stereocenters. The van der Waals surface area contributed by atoms with Gasteiger partial charge in [0.15, 0.2) is 5.69 Å². The van der Waals surface area contributed by atoms with Crippen molar-refractivity contribution >= 4 is 17.8 Å². The van der Waals surface area contributed by atoms with Crippen LogP contribution in [0.3, 0.4) is 0 Å². The summed E-state index contributed by atoms with van der Waals surface area (Å²) in [6.07, 6.45) is 3.06. The molecule has 0 radical (unpaired) electrons. The summed E-state index contributed by atoms with van der Waals surface area (Å²) in [5.74, 6) is -0.186. The van der Waals surface area contributed by atoms with E-state index in [4.69, 9.17) is 4.52 Å². The van der Waals surface area contributed by atoms with Crippen molar-refractivity contribution in [3.05, 3.63) is 57.2 Å². The van der Waals surface area contributed by atoms with Crippen LogP contribution < -0.4 is 0 Å². The van der Waals surface area contributed by atoms with Gasteiger partial charge in [-0.15, -0.1) is 0 Å². The predicted octanol–water partition coefficient (Wildman–Crippen LogP) is 3.20. The highest BCUT2D eigenvalue weighted by Gasteiger charge is 2.21. The summed E-state index contributed by atoms with van der Waals surface area (Å²) in [6, 6.07) is 5.74. The molecule has 2 rings (SSSR count). The minimum atomic E-state index is -0.545. The Bertz CT molecular complexity index is 602. The third-order valence-corrected chi connectivity index (χ3v) is 2.34. The average Bonchev–Trinajstić information content (AvgIpc) is 2.70. The summed E-state index contributed by atoms with van der Waals surface area (Å²) in [4.78, 5) is 10.2. The first-order chi connectivity index (χ1) is 8.58. The van der Waals surface area contributed by atoms with E-state index < -0.39 is 4.92 Å². The number of nitrogens with zero attached hydrogens (tertiary/aromatic N) is 2. The van der Waals surface area contributed by atoms with Gasteiger partial charge in [0.2, 0.25) is 5.76 Å². The molecule has 1 heterocycles. The van der Waals surface area contributed by atoms with Gasteiger partial charge in [-0.05, 0) is 23.8 Å². The monoisotopic (exact) mass is 248 g/mol. The molecule has 0 saturated carbocycles. The van der Waals surface area contributed by atoms with Gasteiger partial charge in [-0.1, -0.05) is 23.4 Å². The molecule has 0 saturated heterocycles. The number of benzene rings is 1. The molecule has 0 aliphatic carbocycles. The van der Waals surface area contributed by atoms with Crippen molar-refractivity contribution in [2.75, 3.05) is 0 Å². The maximum atomic E-state index is 12.7. The molecule has 0 aliphatic rings. The fourth-order valence-electron chi connectivity index (χ4n) is 1.46. The van der Waals surface area contributed by atoms with Gasteiger partial charge in [0.1, 0.15) is 5.82 Å². The first kappa shape index (κ1) is 12.0. The lowest BCUT2D eigenvalue weighted by atomic mass is 10.2. The lowest BCUT2D eigenvalue weighted by Crippen LogP contribution is -1.90. The number of aryl methyl sites for hydroxylation is 1. The Morgan fingerprint density at radius 1 is 1.33 bits per heavy atom. The van der Waals surface area contributed by atoms with Crippen molar-refractivity contribution in [3.63, 3.8) is 0 Å². The zero-order valence-corrected chi connectivity index (χ0v) is 9.46. The predicted molar refractivity (Wildman–Crippen MR) is 63.2 cm³/mol. The molecule has 5 nitrogen and oxygen atoms in total. The van der Waals surface area contributed by atoms with E-state index in [2.05, 4.69) is 5.16 Å². The Labute approximate surface area is 102 Å². The minimum Gasteiger partial charge on any atom is -0.354 e. The molecule has 0 N–H and O–H groups in total. The number of nitro groups is 1. The van der Waals surface area contributed by atoms with Crippen LogP contribution in [0.2, 0.25) is 0 Å². The lowest BCUT2D eigenvalue weighted by Gasteiger charge is -1.92. The summed E-state index contributed by atoms with van der Waals surface area (Å²) in [5, 5.41) is 14.4. The van der Waals surface area contributed by atoms with E-state index in [0.717, 1.165) is 0 Å². The highest BCUT2D eigenvalue weighted by molar-refractivity contribution is 5.72. The number of aromatic nitrogens is 1. The van der Waals surface area contributed by atoms with Crippen LogP contribution >= 0.6 is 0 Å². The standard InChI is InChI=1S/C12H9FN2O3/c1-8-12(15(16)17)11(14-18-8)7-4-9-2-5-10(13)6-3-9/h2-7H,1H3/b7-4+. The van der Waals surface area contributed by atoms with Gasteiger partial charge < -0.3 is 4.52 Å². The normalized spacial score (nSPS) is 11.0. The van der Waals surface area contributed by atoms with Crippen molar-refractivity contribution < 1.29 is 13.8 Å². The van der Waals surface area contributed by atoms with Crippen LogP contribution in [0.1, 0.15) is 17.0 Å². The van der Waals surface area contributed by atoms with Gasteiger partial charge in [-0.25, -0.2) is 4.39 Å². The van der Waals surface area contributed by atoms with Gasteiger partial charge in [-0.2, -0.15) is 0 Å². The highest BCUT2D eigenvalue weighted by atomic mass is 19.1. The second-order valence-corrected chi connectivity index (χ2v) is 3.61. The Morgan fingerprint density at radius 3 is 2.61 bits per heavy atom. The van der Waals surface area contributed by atoms with Gasteiger partial charge in [-0.3, -0.25) is 10.1 Å². The summed E-state index contributed by atoms with van der Waals surface area (Å²) in [7, 11) is 0. The van der Waals surface area contributed by atoms with Crippen LogP contribution in [-0.4, -0.2) is 10.1 Å². The van der Waals surface area contributed by atoms with E-state index in [1.165, 1.54) is 25.1 Å². The second kappa shape index (κ2) is 4.79. The third kappa shape index (κ3) is 2.42. The zero-order valence-electron chi connectivity index (χ0n) is 9.46. The Morgan fingerprint density at radius 2 is 2.00 bits per heavy atom. The summed E-state index contributed by atoms with van der Waals surface area (Å²) in [5.41, 5.74) is 0.696. The van der Waals surface area contributed by atoms with Crippen molar-refractivity contribution in [2.45, 2.75) is 6.92 Å². The van der Waals surface area contributed by atoms with Crippen molar-refractivity contribution in [1.29, 1.82) is 0 Å². The van der Waals surface area contributed by atoms with Crippen LogP contribution in [0, 0.1) is 22.9 Å². The number of hydrogen-bond donors (Lipinski definition) is 0. The van der Waals surface area contributed by atoms with Crippen LogP contribution in [0.5, 0.6) is 0 Å². The smallest absolute Gasteiger partial charge is 0.338 e. The number of halogens is 1. The van der Waals surface area contributed by atoms with Crippen LogP contribution in [0.15, 0.2) is 28.8 Å². The number of hydrogen-bond acceptors (Lipinski definition) is 4. The zero-order chi connectivity index (χ0) is 13.1. The average molecular weight is 248 g/mol. The Kier molecular flexibility index (Phi) is 3.18. The van der Waals surface area contributed by atoms with E-state index >= 15 is 0 Å². The molecular weight excluding hydrogens is 239 g/mol. The first-order valence-corrected chi connectivity index (χ1v) is 5.12. The van der Waals surface area contributed by atoms with Gasteiger partial charge >= 0.3 is 5.69 Å². The van der Waals surface area contributed by atoms with E-state index in [0.29, 0.717) is 5.56 Å². The van der Waals surface area contributed by atoms with E-state index in [9.17, 15) is 14.5 Å². The topological polar surface area (TPSA) is 69.2 Å². The Hall–Kier alpha value is -2.50. The van der Waals surface area contributed by atoms with E-state index in [1.54, 1.807) is 18.2 Å². The molecular formula is C12H9FN2O3. The van der Waals surface area contributed by atoms with Gasteiger partial charge in [0, 0.05) is 6.92 Å². The van der Waals surface area contributed by atoms with Crippen molar-refractivity contribution in [2.24, 2.45) is 0 Å². The molecule has 92 valence electrons. The van der Waals surface area contributed by atoms with Crippen LogP contribution in [0.25, 0.3) is 12.2 Å². The first-order valence-electron chi connectivity index (χ1n) is 5.12. The molecule has 1 aromatic carbocycles. The molecule has 0 bridgehead atoms. The van der Waals surface area contributed by atoms with Crippen molar-refractivity contribution in [1.82, 2.24) is 5.16 Å². The van der Waals surface area contributed by atoms with Gasteiger partial charge in [0.25, 0.3) is 0 Å². The highest BCUT2D eigenvalue weighted by Crippen LogP contribution is 2.24. The molecule has 0 amide bonds. The largest absolute Gasteiger partial charge is 0.354 e. The van der Waals surface area contributed by atoms with Gasteiger partial charge in [0.05, 0.1) is 4.92 Å². The van der Waals surface area contributed by atoms with E-state index in [-0.39, 0.29) is 23.0 Å². The molecule has 1 aromatic heterocycles. The minimum absolute atomic E-state index is 0.141. The molecule has 0 spiro atoms. The molecule has 0 fully saturated rings. The molecule has 18 heavy (non-hydrogen) atoms. The maximum Gasteiger partial charge on any atom is 0.338 e. The van der Waals surface area contributed by atoms with Crippen molar-refractivity contribution in [3.8, 4) is 0 Å². The molecule has 2 aromatic rings. The van der Waals surface area contributed by atoms with Crippen LogP contribution in [-0.2, 0) is 0 Å². The maximum absolute atomic E-state index is 12.7. The fourth-order valence-corrected chi connectivity index (χ4v) is 1.46. The summed E-state index contributed by atoms with van der Waals surface area (Å²) < 4.78 is 17.4. The van der Waals surface area contributed by atoms with E-state index in [1.807, 2.05) is 0 Å². The second-order valence-electron chi connectivity index (χ2n) is 3.61.